The highest BCUT2D eigenvalue weighted by atomic mass is 32.1. The van der Waals surface area contributed by atoms with Crippen LogP contribution in [0.1, 0.15) is 10.4 Å². The molecule has 2 aromatic heterocycles. The van der Waals surface area contributed by atoms with Crippen molar-refractivity contribution in [2.75, 3.05) is 0 Å². The zero-order valence-corrected chi connectivity index (χ0v) is 12.2. The lowest BCUT2D eigenvalue weighted by Gasteiger charge is -2.06. The minimum absolute atomic E-state index is 0.204. The third kappa shape index (κ3) is 2.25. The first-order chi connectivity index (χ1) is 9.66. The quantitative estimate of drug-likeness (QED) is 0.627. The van der Waals surface area contributed by atoms with Gasteiger partial charge in [-0.2, -0.15) is 0 Å². The van der Waals surface area contributed by atoms with Crippen LogP contribution in [0.15, 0.2) is 48.8 Å². The lowest BCUT2D eigenvalue weighted by Crippen LogP contribution is -1.84. The maximum Gasteiger partial charge on any atom is 0.123 e. The Labute approximate surface area is 121 Å². The Hall–Kier alpha value is -2.00. The van der Waals surface area contributed by atoms with E-state index in [0.29, 0.717) is 0 Å². The minimum Gasteiger partial charge on any atom is -0.265 e. The molecule has 3 aromatic rings. The van der Waals surface area contributed by atoms with Crippen LogP contribution in [-0.2, 0) is 0 Å². The normalized spacial score (nSPS) is 10.8. The molecule has 2 heterocycles. The monoisotopic (exact) mass is 283 g/mol. The van der Waals surface area contributed by atoms with E-state index in [1.54, 1.807) is 23.7 Å². The van der Waals surface area contributed by atoms with E-state index < -0.39 is 0 Å². The van der Waals surface area contributed by atoms with Gasteiger partial charge in [0.25, 0.3) is 0 Å². The largest absolute Gasteiger partial charge is 0.265 e. The molecule has 0 atom stereocenters. The molecular weight excluding hydrogens is 269 g/mol. The number of pyridine rings is 1. The molecule has 0 bridgehead atoms. The zero-order chi connectivity index (χ0) is 14.1. The molecule has 0 spiro atoms. The van der Waals surface area contributed by atoms with Crippen LogP contribution in [0.2, 0.25) is 0 Å². The maximum atomic E-state index is 13.1. The minimum atomic E-state index is -0.204. The first-order valence-electron chi connectivity index (χ1n) is 6.43. The number of benzene rings is 1. The smallest absolute Gasteiger partial charge is 0.123 e. The highest BCUT2D eigenvalue weighted by Gasteiger charge is 2.15. The van der Waals surface area contributed by atoms with Gasteiger partial charge >= 0.3 is 0 Å². The van der Waals surface area contributed by atoms with Crippen LogP contribution in [-0.4, -0.2) is 4.98 Å². The molecule has 0 saturated heterocycles. The fourth-order valence-electron chi connectivity index (χ4n) is 2.30. The summed E-state index contributed by atoms with van der Waals surface area (Å²) < 4.78 is 13.1. The molecule has 0 amide bonds. The van der Waals surface area contributed by atoms with Gasteiger partial charge in [0.05, 0.1) is 0 Å². The topological polar surface area (TPSA) is 12.9 Å². The second kappa shape index (κ2) is 5.17. The highest BCUT2D eigenvalue weighted by Crippen LogP contribution is 2.42. The Morgan fingerprint density at radius 1 is 0.900 bits per heavy atom. The lowest BCUT2D eigenvalue weighted by molar-refractivity contribution is 0.628. The van der Waals surface area contributed by atoms with E-state index in [2.05, 4.69) is 18.8 Å². The number of aromatic nitrogens is 1. The summed E-state index contributed by atoms with van der Waals surface area (Å²) in [4.78, 5) is 6.55. The summed E-state index contributed by atoms with van der Waals surface area (Å²) in [6, 6.07) is 10.7. The van der Waals surface area contributed by atoms with Crippen LogP contribution in [0.5, 0.6) is 0 Å². The first-order valence-corrected chi connectivity index (χ1v) is 7.25. The number of aryl methyl sites for hydroxylation is 1. The van der Waals surface area contributed by atoms with Crippen molar-refractivity contribution in [2.24, 2.45) is 0 Å². The van der Waals surface area contributed by atoms with Gasteiger partial charge < -0.3 is 0 Å². The van der Waals surface area contributed by atoms with Crippen molar-refractivity contribution in [3.63, 3.8) is 0 Å². The predicted octanol–water partition coefficient (Wildman–Crippen LogP) is 5.23. The van der Waals surface area contributed by atoms with Crippen LogP contribution in [0.3, 0.4) is 0 Å². The molecule has 0 aliphatic rings. The van der Waals surface area contributed by atoms with Crippen molar-refractivity contribution in [2.45, 2.75) is 13.8 Å². The Bertz CT molecular complexity index is 730. The standard InChI is InChI=1S/C17H14FNS/c1-11-12(2)20-17(14-3-5-15(18)6-4-14)16(11)13-7-9-19-10-8-13/h3-10H,1-2H3. The summed E-state index contributed by atoms with van der Waals surface area (Å²) in [5, 5.41) is 0. The van der Waals surface area contributed by atoms with Gasteiger partial charge in [0, 0.05) is 27.7 Å². The van der Waals surface area contributed by atoms with Crippen molar-refractivity contribution in [3.8, 4) is 21.6 Å². The molecule has 0 aliphatic heterocycles. The number of rotatable bonds is 2. The molecule has 0 aliphatic carbocycles. The molecule has 0 unspecified atom stereocenters. The Morgan fingerprint density at radius 3 is 2.20 bits per heavy atom. The van der Waals surface area contributed by atoms with Gasteiger partial charge in [-0.1, -0.05) is 12.1 Å². The summed E-state index contributed by atoms with van der Waals surface area (Å²) in [5.74, 6) is -0.204. The molecular formula is C17H14FNS. The molecule has 100 valence electrons. The molecule has 1 nitrogen and oxygen atoms in total. The predicted molar refractivity (Wildman–Crippen MR) is 82.4 cm³/mol. The second-order valence-electron chi connectivity index (χ2n) is 4.73. The zero-order valence-electron chi connectivity index (χ0n) is 11.4. The van der Waals surface area contributed by atoms with Crippen LogP contribution in [0.25, 0.3) is 21.6 Å². The van der Waals surface area contributed by atoms with E-state index >= 15 is 0 Å². The van der Waals surface area contributed by atoms with Gasteiger partial charge in [0.2, 0.25) is 0 Å². The molecule has 0 fully saturated rings. The number of hydrogen-bond donors (Lipinski definition) is 0. The van der Waals surface area contributed by atoms with Gasteiger partial charge in [-0.25, -0.2) is 4.39 Å². The summed E-state index contributed by atoms with van der Waals surface area (Å²) in [6.45, 7) is 4.26. The molecule has 0 N–H and O–H groups in total. The Morgan fingerprint density at radius 2 is 1.55 bits per heavy atom. The highest BCUT2D eigenvalue weighted by molar-refractivity contribution is 7.16. The summed E-state index contributed by atoms with van der Waals surface area (Å²) in [6.07, 6.45) is 3.60. The van der Waals surface area contributed by atoms with E-state index in [1.165, 1.54) is 33.0 Å². The van der Waals surface area contributed by atoms with Crippen LogP contribution in [0.4, 0.5) is 4.39 Å². The van der Waals surface area contributed by atoms with E-state index in [1.807, 2.05) is 24.3 Å². The van der Waals surface area contributed by atoms with Gasteiger partial charge in [0.1, 0.15) is 5.82 Å². The fourth-order valence-corrected chi connectivity index (χ4v) is 3.49. The molecule has 0 saturated carbocycles. The SMILES string of the molecule is Cc1sc(-c2ccc(F)cc2)c(-c2ccncc2)c1C. The second-order valence-corrected chi connectivity index (χ2v) is 5.95. The van der Waals surface area contributed by atoms with Gasteiger partial charge in [-0.3, -0.25) is 4.98 Å². The number of nitrogens with zero attached hydrogens (tertiary/aromatic N) is 1. The van der Waals surface area contributed by atoms with Gasteiger partial charge in [-0.15, -0.1) is 11.3 Å². The van der Waals surface area contributed by atoms with E-state index in [4.69, 9.17) is 0 Å². The van der Waals surface area contributed by atoms with Crippen LogP contribution >= 0.6 is 11.3 Å². The molecule has 20 heavy (non-hydrogen) atoms. The summed E-state index contributed by atoms with van der Waals surface area (Å²) in [5.41, 5.74) is 4.71. The van der Waals surface area contributed by atoms with Crippen molar-refractivity contribution in [1.82, 2.24) is 4.98 Å². The fraction of sp³-hybridized carbons (Fsp3) is 0.118. The van der Waals surface area contributed by atoms with Crippen LogP contribution < -0.4 is 0 Å². The van der Waals surface area contributed by atoms with E-state index in [9.17, 15) is 4.39 Å². The number of thiophene rings is 1. The Balaban J connectivity index is 2.22. The van der Waals surface area contributed by atoms with Crippen molar-refractivity contribution in [3.05, 3.63) is 65.0 Å². The van der Waals surface area contributed by atoms with Crippen molar-refractivity contribution < 1.29 is 4.39 Å². The van der Waals surface area contributed by atoms with E-state index in [0.717, 1.165) is 11.1 Å². The van der Waals surface area contributed by atoms with Crippen molar-refractivity contribution >= 4 is 11.3 Å². The van der Waals surface area contributed by atoms with Gasteiger partial charge in [0.15, 0.2) is 0 Å². The summed E-state index contributed by atoms with van der Waals surface area (Å²) >= 11 is 1.75. The van der Waals surface area contributed by atoms with Crippen molar-refractivity contribution in [1.29, 1.82) is 0 Å². The number of hydrogen-bond acceptors (Lipinski definition) is 2. The van der Waals surface area contributed by atoms with E-state index in [-0.39, 0.29) is 5.82 Å². The third-order valence-electron chi connectivity index (χ3n) is 3.46. The first kappa shape index (κ1) is 13.0. The Kier molecular flexibility index (Phi) is 3.36. The van der Waals surface area contributed by atoms with Gasteiger partial charge in [-0.05, 0) is 54.8 Å². The average molecular weight is 283 g/mol. The third-order valence-corrected chi connectivity index (χ3v) is 4.72. The number of halogens is 1. The molecule has 3 heteroatoms. The molecule has 1 aromatic carbocycles. The molecule has 0 radical (unpaired) electrons. The van der Waals surface area contributed by atoms with Crippen LogP contribution in [0, 0.1) is 19.7 Å². The molecule has 3 rings (SSSR count). The average Bonchev–Trinajstić information content (AvgIpc) is 2.77. The summed E-state index contributed by atoms with van der Waals surface area (Å²) in [7, 11) is 0. The maximum absolute atomic E-state index is 13.1. The lowest BCUT2D eigenvalue weighted by atomic mass is 9.99.